The van der Waals surface area contributed by atoms with Crippen LogP contribution in [0.15, 0.2) is 36.4 Å². The number of carbonyl (C=O) groups is 1. The van der Waals surface area contributed by atoms with Crippen molar-refractivity contribution in [3.8, 4) is 0 Å². The van der Waals surface area contributed by atoms with Crippen LogP contribution in [0.3, 0.4) is 0 Å². The third-order valence-electron chi connectivity index (χ3n) is 2.66. The lowest BCUT2D eigenvalue weighted by atomic mass is 9.99. The second-order valence-electron chi connectivity index (χ2n) is 4.06. The maximum absolute atomic E-state index is 11.3. The lowest BCUT2D eigenvalue weighted by Crippen LogP contribution is -2.17. The summed E-state index contributed by atoms with van der Waals surface area (Å²) < 4.78 is 4.90. The summed E-state index contributed by atoms with van der Waals surface area (Å²) in [6.07, 6.45) is 4.16. The Labute approximate surface area is 109 Å². The van der Waals surface area contributed by atoms with Gasteiger partial charge in [0.15, 0.2) is 0 Å². The average molecular weight is 247 g/mol. The molecule has 1 rings (SSSR count). The largest absolute Gasteiger partial charge is 0.465 e. The van der Waals surface area contributed by atoms with Gasteiger partial charge in [0.2, 0.25) is 0 Å². The van der Waals surface area contributed by atoms with E-state index in [1.54, 1.807) is 6.92 Å². The van der Waals surface area contributed by atoms with Crippen LogP contribution in [0.1, 0.15) is 32.3 Å². The average Bonchev–Trinajstić information content (AvgIpc) is 2.37. The van der Waals surface area contributed by atoms with E-state index in [2.05, 4.69) is 24.4 Å². The molecule has 0 heterocycles. The summed E-state index contributed by atoms with van der Waals surface area (Å²) in [7, 11) is 0. The third kappa shape index (κ3) is 4.24. The lowest BCUT2D eigenvalue weighted by Gasteiger charge is -2.14. The Hall–Kier alpha value is -1.77. The monoisotopic (exact) mass is 247 g/mol. The first-order chi connectivity index (χ1) is 8.69. The molecule has 0 aliphatic carbocycles. The Morgan fingerprint density at radius 1 is 1.44 bits per heavy atom. The summed E-state index contributed by atoms with van der Waals surface area (Å²) in [5.41, 5.74) is 2.16. The molecule has 1 N–H and O–H groups in total. The normalized spacial score (nSPS) is 12.4. The SMILES string of the molecule is CC=CC(C)c1ccccc1NCC(=O)OCC. The molecule has 1 atom stereocenters. The number of esters is 1. The minimum Gasteiger partial charge on any atom is -0.465 e. The quantitative estimate of drug-likeness (QED) is 0.619. The van der Waals surface area contributed by atoms with Gasteiger partial charge in [-0.3, -0.25) is 4.79 Å². The number of hydrogen-bond donors (Lipinski definition) is 1. The fraction of sp³-hybridized carbons (Fsp3) is 0.400. The molecule has 1 unspecified atom stereocenters. The molecule has 1 aromatic carbocycles. The van der Waals surface area contributed by atoms with E-state index in [-0.39, 0.29) is 12.5 Å². The van der Waals surface area contributed by atoms with E-state index in [0.717, 1.165) is 5.69 Å². The molecule has 3 nitrogen and oxygen atoms in total. The molecule has 3 heteroatoms. The predicted molar refractivity (Wildman–Crippen MR) is 74.8 cm³/mol. The van der Waals surface area contributed by atoms with Crippen molar-refractivity contribution in [2.45, 2.75) is 26.7 Å². The van der Waals surface area contributed by atoms with Gasteiger partial charge in [-0.2, -0.15) is 0 Å². The number of carbonyl (C=O) groups excluding carboxylic acids is 1. The number of para-hydroxylation sites is 1. The van der Waals surface area contributed by atoms with Crippen LogP contribution in [-0.4, -0.2) is 19.1 Å². The summed E-state index contributed by atoms with van der Waals surface area (Å²) in [6.45, 7) is 6.56. The smallest absolute Gasteiger partial charge is 0.325 e. The van der Waals surface area contributed by atoms with E-state index in [1.165, 1.54) is 5.56 Å². The first-order valence-corrected chi connectivity index (χ1v) is 6.30. The topological polar surface area (TPSA) is 38.3 Å². The maximum Gasteiger partial charge on any atom is 0.325 e. The highest BCUT2D eigenvalue weighted by Crippen LogP contribution is 2.25. The van der Waals surface area contributed by atoms with Gasteiger partial charge in [0.25, 0.3) is 0 Å². The van der Waals surface area contributed by atoms with Crippen LogP contribution in [0.4, 0.5) is 5.69 Å². The lowest BCUT2D eigenvalue weighted by molar-refractivity contribution is -0.140. The van der Waals surface area contributed by atoms with Gasteiger partial charge in [-0.1, -0.05) is 37.3 Å². The van der Waals surface area contributed by atoms with Gasteiger partial charge in [-0.05, 0) is 25.5 Å². The zero-order valence-electron chi connectivity index (χ0n) is 11.3. The van der Waals surface area contributed by atoms with Gasteiger partial charge < -0.3 is 10.1 Å². The predicted octanol–water partition coefficient (Wildman–Crippen LogP) is 3.34. The number of hydrogen-bond acceptors (Lipinski definition) is 3. The van der Waals surface area contributed by atoms with Crippen LogP contribution >= 0.6 is 0 Å². The molecule has 0 spiro atoms. The van der Waals surface area contributed by atoms with Crippen molar-refractivity contribution in [1.29, 1.82) is 0 Å². The van der Waals surface area contributed by atoms with Gasteiger partial charge in [0.1, 0.15) is 6.54 Å². The van der Waals surface area contributed by atoms with Gasteiger partial charge in [0, 0.05) is 11.6 Å². The maximum atomic E-state index is 11.3. The van der Waals surface area contributed by atoms with Crippen molar-refractivity contribution < 1.29 is 9.53 Å². The van der Waals surface area contributed by atoms with E-state index in [1.807, 2.05) is 31.2 Å². The molecule has 18 heavy (non-hydrogen) atoms. The highest BCUT2D eigenvalue weighted by molar-refractivity contribution is 5.75. The van der Waals surface area contributed by atoms with Crippen molar-refractivity contribution in [2.24, 2.45) is 0 Å². The molecule has 0 radical (unpaired) electrons. The molecular weight excluding hydrogens is 226 g/mol. The molecule has 0 aliphatic rings. The summed E-state index contributed by atoms with van der Waals surface area (Å²) in [5.74, 6) is 0.0897. The molecule has 98 valence electrons. The highest BCUT2D eigenvalue weighted by Gasteiger charge is 2.08. The van der Waals surface area contributed by atoms with Gasteiger partial charge in [-0.15, -0.1) is 0 Å². The molecule has 0 aromatic heterocycles. The molecule has 0 fully saturated rings. The van der Waals surface area contributed by atoms with Crippen molar-refractivity contribution >= 4 is 11.7 Å². The summed E-state index contributed by atoms with van der Waals surface area (Å²) in [6, 6.07) is 8.01. The van der Waals surface area contributed by atoms with E-state index >= 15 is 0 Å². The van der Waals surface area contributed by atoms with E-state index in [0.29, 0.717) is 12.5 Å². The number of nitrogens with one attached hydrogen (secondary N) is 1. The molecule has 0 saturated carbocycles. The van der Waals surface area contributed by atoms with Crippen LogP contribution in [0, 0.1) is 0 Å². The molecule has 0 aliphatic heterocycles. The van der Waals surface area contributed by atoms with E-state index < -0.39 is 0 Å². The zero-order valence-corrected chi connectivity index (χ0v) is 11.3. The summed E-state index contributed by atoms with van der Waals surface area (Å²) >= 11 is 0. The Balaban J connectivity index is 2.73. The van der Waals surface area contributed by atoms with Crippen LogP contribution in [0.5, 0.6) is 0 Å². The minimum absolute atomic E-state index is 0.202. The van der Waals surface area contributed by atoms with E-state index in [4.69, 9.17) is 4.74 Å². The molecule has 0 bridgehead atoms. The molecular formula is C15H21NO2. The van der Waals surface area contributed by atoms with Crippen molar-refractivity contribution in [1.82, 2.24) is 0 Å². The summed E-state index contributed by atoms with van der Waals surface area (Å²) in [4.78, 5) is 11.3. The Bertz CT molecular complexity index is 413. The molecule has 0 saturated heterocycles. The number of rotatable bonds is 6. The van der Waals surface area contributed by atoms with Crippen LogP contribution in [-0.2, 0) is 9.53 Å². The third-order valence-corrected chi connectivity index (χ3v) is 2.66. The van der Waals surface area contributed by atoms with Crippen molar-refractivity contribution in [3.63, 3.8) is 0 Å². The number of allylic oxidation sites excluding steroid dienone is 2. The first kappa shape index (κ1) is 14.3. The molecule has 0 amide bonds. The van der Waals surface area contributed by atoms with Crippen molar-refractivity contribution in [3.05, 3.63) is 42.0 Å². The van der Waals surface area contributed by atoms with Gasteiger partial charge >= 0.3 is 5.97 Å². The van der Waals surface area contributed by atoms with Crippen LogP contribution in [0.25, 0.3) is 0 Å². The fourth-order valence-electron chi connectivity index (χ4n) is 1.83. The number of ether oxygens (including phenoxy) is 1. The minimum atomic E-state index is -0.231. The van der Waals surface area contributed by atoms with Crippen molar-refractivity contribution in [2.75, 3.05) is 18.5 Å². The first-order valence-electron chi connectivity index (χ1n) is 6.30. The van der Waals surface area contributed by atoms with E-state index in [9.17, 15) is 4.79 Å². The second kappa shape index (κ2) is 7.54. The van der Waals surface area contributed by atoms with Gasteiger partial charge in [-0.25, -0.2) is 0 Å². The molecule has 1 aromatic rings. The standard InChI is InChI=1S/C15H21NO2/c1-4-8-12(3)13-9-6-7-10-14(13)16-11-15(17)18-5-2/h4,6-10,12,16H,5,11H2,1-3H3. The van der Waals surface area contributed by atoms with Crippen LogP contribution in [0.2, 0.25) is 0 Å². The fourth-order valence-corrected chi connectivity index (χ4v) is 1.83. The number of benzene rings is 1. The highest BCUT2D eigenvalue weighted by atomic mass is 16.5. The Morgan fingerprint density at radius 3 is 2.83 bits per heavy atom. The Kier molecular flexibility index (Phi) is 5.98. The summed E-state index contributed by atoms with van der Waals surface area (Å²) in [5, 5.41) is 3.13. The number of anilines is 1. The van der Waals surface area contributed by atoms with Crippen LogP contribution < -0.4 is 5.32 Å². The Morgan fingerprint density at radius 2 is 2.17 bits per heavy atom. The zero-order chi connectivity index (χ0) is 13.4. The second-order valence-corrected chi connectivity index (χ2v) is 4.06. The van der Waals surface area contributed by atoms with Gasteiger partial charge in [0.05, 0.1) is 6.61 Å².